The lowest BCUT2D eigenvalue weighted by Crippen LogP contribution is -2.57. The number of ketones is 2. The van der Waals surface area contributed by atoms with Crippen LogP contribution in [0.5, 0.6) is 5.75 Å². The molecule has 172 valence electrons. The fraction of sp³-hybridized carbons (Fsp3) is 0.375. The van der Waals surface area contributed by atoms with Crippen molar-refractivity contribution in [2.45, 2.75) is 44.5 Å². The highest BCUT2D eigenvalue weighted by molar-refractivity contribution is 6.83. The summed E-state index contributed by atoms with van der Waals surface area (Å²) in [6.07, 6.45) is 0.0929. The smallest absolute Gasteiger partial charge is 0.255 e. The number of Topliss-reactive ketones (excluding diaryl/α,β-unsaturated/α-hetero) is 2. The minimum atomic E-state index is -2.56. The first-order valence-corrected chi connectivity index (χ1v) is 14.1. The van der Waals surface area contributed by atoms with E-state index in [1.807, 2.05) is 0 Å². The van der Waals surface area contributed by atoms with Crippen LogP contribution in [0.25, 0.3) is 0 Å². The Morgan fingerprint density at radius 2 is 1.82 bits per heavy atom. The molecule has 0 unspecified atom stereocenters. The van der Waals surface area contributed by atoms with Crippen LogP contribution in [-0.4, -0.2) is 51.6 Å². The molecule has 0 spiro atoms. The maximum atomic E-state index is 13.4. The van der Waals surface area contributed by atoms with Gasteiger partial charge in [-0.05, 0) is 36.5 Å². The van der Waals surface area contributed by atoms with Gasteiger partial charge in [0.15, 0.2) is 11.4 Å². The third-order valence-electron chi connectivity index (χ3n) is 6.52. The molecule has 0 saturated heterocycles. The van der Waals surface area contributed by atoms with E-state index in [0.29, 0.717) is 11.1 Å². The Morgan fingerprint density at radius 1 is 1.15 bits per heavy atom. The molecule has 3 aliphatic rings. The van der Waals surface area contributed by atoms with Crippen molar-refractivity contribution in [3.05, 3.63) is 51.5 Å². The zero-order valence-corrected chi connectivity index (χ0v) is 19.5. The maximum Gasteiger partial charge on any atom is 0.255 e. The SMILES string of the molecule is C[Si](C)(C)C#Cc1ccc(O)c2c1C[C@H]1C[C@H]3CC(O)=C(C(N)=O)C(=O)[C@@]3(O)C(O)=C1C2=O. The van der Waals surface area contributed by atoms with E-state index in [4.69, 9.17) is 5.73 Å². The number of allylic oxidation sites excluding steroid dienone is 2. The number of aliphatic hydroxyl groups excluding tert-OH is 2. The standard InChI is InChI=1S/C24H25NO7Si/c1-33(2,3)7-6-11-4-5-15(26)18-14(11)9-12-8-13-10-16(27)19(23(25)31)22(30)24(13,32)21(29)17(12)20(18)28/h4-5,12-13,26-27,29,32H,8-10H2,1-3H3,(H2,25,31)/t12-,13+,24+/m1/s1. The fourth-order valence-electron chi connectivity index (χ4n) is 4.99. The number of aliphatic hydroxyl groups is 3. The Bertz CT molecular complexity index is 1260. The fourth-order valence-corrected chi connectivity index (χ4v) is 5.50. The average molecular weight is 468 g/mol. The van der Waals surface area contributed by atoms with Crippen molar-refractivity contribution < 1.29 is 34.8 Å². The highest BCUT2D eigenvalue weighted by Crippen LogP contribution is 2.51. The summed E-state index contributed by atoms with van der Waals surface area (Å²) in [6, 6.07) is 3.02. The van der Waals surface area contributed by atoms with Crippen molar-refractivity contribution >= 4 is 25.5 Å². The number of amides is 1. The van der Waals surface area contributed by atoms with Gasteiger partial charge in [-0.25, -0.2) is 0 Å². The Kier molecular flexibility index (Phi) is 5.07. The van der Waals surface area contributed by atoms with Crippen LogP contribution in [0.4, 0.5) is 0 Å². The van der Waals surface area contributed by atoms with E-state index in [1.165, 1.54) is 6.07 Å². The number of carbonyl (C=O) groups is 3. The van der Waals surface area contributed by atoms with Gasteiger partial charge in [-0.15, -0.1) is 5.54 Å². The van der Waals surface area contributed by atoms with Gasteiger partial charge < -0.3 is 26.2 Å². The molecular formula is C24H25NO7Si. The zero-order valence-electron chi connectivity index (χ0n) is 18.5. The summed E-state index contributed by atoms with van der Waals surface area (Å²) in [5, 5.41) is 42.9. The van der Waals surface area contributed by atoms with E-state index in [-0.39, 0.29) is 36.1 Å². The molecule has 3 atom stereocenters. The van der Waals surface area contributed by atoms with Crippen LogP contribution < -0.4 is 5.73 Å². The molecule has 0 fully saturated rings. The number of aromatic hydroxyl groups is 1. The number of rotatable bonds is 1. The highest BCUT2D eigenvalue weighted by Gasteiger charge is 2.59. The highest BCUT2D eigenvalue weighted by atomic mass is 28.3. The summed E-state index contributed by atoms with van der Waals surface area (Å²) >= 11 is 0. The maximum absolute atomic E-state index is 13.4. The summed E-state index contributed by atoms with van der Waals surface area (Å²) in [7, 11) is -1.72. The molecule has 3 aliphatic carbocycles. The van der Waals surface area contributed by atoms with Gasteiger partial charge in [0.25, 0.3) is 5.91 Å². The zero-order chi connectivity index (χ0) is 24.5. The number of carbonyl (C=O) groups excluding carboxylic acids is 3. The molecule has 1 amide bonds. The molecule has 1 aromatic carbocycles. The van der Waals surface area contributed by atoms with E-state index in [0.717, 1.165) is 0 Å². The molecule has 0 bridgehead atoms. The molecule has 9 heteroatoms. The van der Waals surface area contributed by atoms with Gasteiger partial charge in [0.1, 0.15) is 30.9 Å². The summed E-state index contributed by atoms with van der Waals surface area (Å²) in [4.78, 5) is 38.1. The van der Waals surface area contributed by atoms with Crippen LogP contribution in [0.15, 0.2) is 34.8 Å². The lowest BCUT2D eigenvalue weighted by Gasteiger charge is -2.45. The minimum Gasteiger partial charge on any atom is -0.511 e. The largest absolute Gasteiger partial charge is 0.511 e. The van der Waals surface area contributed by atoms with Crippen molar-refractivity contribution in [1.82, 2.24) is 0 Å². The van der Waals surface area contributed by atoms with Gasteiger partial charge in [0, 0.05) is 23.5 Å². The van der Waals surface area contributed by atoms with Crippen molar-refractivity contribution in [3.8, 4) is 17.2 Å². The Morgan fingerprint density at radius 3 is 2.42 bits per heavy atom. The monoisotopic (exact) mass is 467 g/mol. The normalized spacial score (nSPS) is 26.8. The molecular weight excluding hydrogens is 442 g/mol. The number of fused-ring (bicyclic) bond motifs is 3. The topological polar surface area (TPSA) is 158 Å². The first-order chi connectivity index (χ1) is 15.3. The second-order valence-corrected chi connectivity index (χ2v) is 14.6. The van der Waals surface area contributed by atoms with Crippen LogP contribution in [-0.2, 0) is 16.0 Å². The molecule has 4 rings (SSSR count). The Labute approximate surface area is 191 Å². The van der Waals surface area contributed by atoms with E-state index < -0.39 is 60.1 Å². The van der Waals surface area contributed by atoms with E-state index in [1.54, 1.807) is 6.07 Å². The second-order valence-electron chi connectivity index (χ2n) is 9.90. The summed E-state index contributed by atoms with van der Waals surface area (Å²) < 4.78 is 0. The lowest BCUT2D eigenvalue weighted by molar-refractivity contribution is -0.144. The van der Waals surface area contributed by atoms with Gasteiger partial charge in [0.2, 0.25) is 5.78 Å². The van der Waals surface area contributed by atoms with Crippen LogP contribution in [0.2, 0.25) is 19.6 Å². The first kappa shape index (κ1) is 22.8. The third kappa shape index (κ3) is 3.37. The Hall–Kier alpha value is -3.35. The quantitative estimate of drug-likeness (QED) is 0.239. The lowest BCUT2D eigenvalue weighted by atomic mass is 9.60. The van der Waals surface area contributed by atoms with Gasteiger partial charge in [-0.1, -0.05) is 25.6 Å². The molecule has 1 aromatic rings. The predicted molar refractivity (Wildman–Crippen MR) is 121 cm³/mol. The average Bonchev–Trinajstić information content (AvgIpc) is 2.69. The summed E-state index contributed by atoms with van der Waals surface area (Å²) in [6.45, 7) is 6.25. The summed E-state index contributed by atoms with van der Waals surface area (Å²) in [5.41, 5.74) is 6.07. The number of primary amides is 1. The number of phenolic OH excluding ortho intramolecular Hbond substituents is 1. The van der Waals surface area contributed by atoms with E-state index in [9.17, 15) is 34.8 Å². The van der Waals surface area contributed by atoms with Crippen LogP contribution in [0.1, 0.15) is 34.3 Å². The molecule has 0 radical (unpaired) electrons. The molecule has 0 aliphatic heterocycles. The van der Waals surface area contributed by atoms with Crippen molar-refractivity contribution in [2.24, 2.45) is 17.6 Å². The molecule has 8 nitrogen and oxygen atoms in total. The number of hydrogen-bond donors (Lipinski definition) is 5. The molecule has 33 heavy (non-hydrogen) atoms. The molecule has 0 heterocycles. The third-order valence-corrected chi connectivity index (χ3v) is 7.39. The second kappa shape index (κ2) is 7.33. The van der Waals surface area contributed by atoms with Crippen molar-refractivity contribution in [2.75, 3.05) is 0 Å². The van der Waals surface area contributed by atoms with Gasteiger partial charge >= 0.3 is 0 Å². The number of phenols is 1. The van der Waals surface area contributed by atoms with Crippen LogP contribution >= 0.6 is 0 Å². The molecule has 6 N–H and O–H groups in total. The summed E-state index contributed by atoms with van der Waals surface area (Å²) in [5.74, 6) is -3.23. The molecule has 0 aromatic heterocycles. The van der Waals surface area contributed by atoms with E-state index in [2.05, 4.69) is 31.1 Å². The van der Waals surface area contributed by atoms with Gasteiger partial charge in [-0.2, -0.15) is 0 Å². The first-order valence-electron chi connectivity index (χ1n) is 10.6. The van der Waals surface area contributed by atoms with Crippen molar-refractivity contribution in [3.63, 3.8) is 0 Å². The van der Waals surface area contributed by atoms with Gasteiger partial charge in [-0.3, -0.25) is 14.4 Å². The van der Waals surface area contributed by atoms with Crippen molar-refractivity contribution in [1.29, 1.82) is 0 Å². The Balaban J connectivity index is 1.89. The molecule has 0 saturated carbocycles. The predicted octanol–water partition coefficient (Wildman–Crippen LogP) is 1.81. The van der Waals surface area contributed by atoms with Crippen LogP contribution in [0, 0.1) is 23.3 Å². The minimum absolute atomic E-state index is 0.0194. The van der Waals surface area contributed by atoms with Gasteiger partial charge in [0.05, 0.1) is 5.56 Å². The number of benzene rings is 1. The van der Waals surface area contributed by atoms with E-state index >= 15 is 0 Å². The number of nitrogens with two attached hydrogens (primary N) is 1. The van der Waals surface area contributed by atoms with Crippen LogP contribution in [0.3, 0.4) is 0 Å². The number of hydrogen-bond acceptors (Lipinski definition) is 7.